The van der Waals surface area contributed by atoms with Crippen LogP contribution in [0.4, 0.5) is 10.5 Å². The average molecular weight is 476 g/mol. The van der Waals surface area contributed by atoms with Gasteiger partial charge in [-0.25, -0.2) is 9.59 Å². The number of hydrogen-bond donors (Lipinski definition) is 5. The van der Waals surface area contributed by atoms with E-state index in [4.69, 9.17) is 9.84 Å². The third-order valence-corrected chi connectivity index (χ3v) is 5.76. The van der Waals surface area contributed by atoms with Crippen LogP contribution in [0.5, 0.6) is 5.75 Å². The highest BCUT2D eigenvalue weighted by atomic mass is 16.5. The molecule has 180 valence electrons. The van der Waals surface area contributed by atoms with Crippen LogP contribution in [0.2, 0.25) is 0 Å². The van der Waals surface area contributed by atoms with Crippen molar-refractivity contribution >= 4 is 23.7 Å². The lowest BCUT2D eigenvalue weighted by Gasteiger charge is -2.16. The molecule has 4 rings (SSSR count). The molecule has 0 fully saturated rings. The molecule has 0 radical (unpaired) electrons. The molecule has 35 heavy (non-hydrogen) atoms. The van der Waals surface area contributed by atoms with Gasteiger partial charge in [0.05, 0.1) is 12.5 Å². The van der Waals surface area contributed by atoms with Gasteiger partial charge in [0.1, 0.15) is 17.9 Å². The summed E-state index contributed by atoms with van der Waals surface area (Å²) in [6, 6.07) is 19.5. The largest absolute Gasteiger partial charge is 0.507 e. The summed E-state index contributed by atoms with van der Waals surface area (Å²) < 4.78 is 5.40. The molecule has 5 N–H and O–H groups in total. The predicted molar refractivity (Wildman–Crippen MR) is 127 cm³/mol. The standard InChI is InChI=1S/C26H24N2O7/c29-16(12-24(31)28-15-9-10-23(30)21(11-15)25(32)33)13-27-26(34)35-14-22-19-7-3-1-5-17(19)18-6-2-4-8-20(18)22/h1-11,16,22,29-30H,12-14H2,(H,27,34)(H,28,31)(H,32,33). The number of carbonyl (C=O) groups is 3. The number of benzene rings is 3. The number of aliphatic hydroxyl groups is 1. The van der Waals surface area contributed by atoms with E-state index in [0.29, 0.717) is 0 Å². The molecule has 3 aromatic carbocycles. The summed E-state index contributed by atoms with van der Waals surface area (Å²) in [4.78, 5) is 35.4. The molecule has 1 aliphatic rings. The smallest absolute Gasteiger partial charge is 0.407 e. The van der Waals surface area contributed by atoms with Crippen LogP contribution in [-0.2, 0) is 9.53 Å². The number of carboxylic acids is 1. The van der Waals surface area contributed by atoms with Crippen LogP contribution < -0.4 is 10.6 Å². The Morgan fingerprint density at radius 1 is 0.943 bits per heavy atom. The zero-order valence-electron chi connectivity index (χ0n) is 18.6. The Balaban J connectivity index is 1.25. The van der Waals surface area contributed by atoms with Crippen LogP contribution in [0.25, 0.3) is 11.1 Å². The number of aliphatic hydroxyl groups excluding tert-OH is 1. The number of alkyl carbamates (subject to hydrolysis) is 1. The molecule has 0 saturated carbocycles. The van der Waals surface area contributed by atoms with Crippen molar-refractivity contribution in [1.29, 1.82) is 0 Å². The third-order valence-electron chi connectivity index (χ3n) is 5.76. The number of rotatable bonds is 8. The van der Waals surface area contributed by atoms with Crippen molar-refractivity contribution in [2.24, 2.45) is 0 Å². The first-order valence-corrected chi connectivity index (χ1v) is 11.0. The van der Waals surface area contributed by atoms with E-state index in [9.17, 15) is 24.6 Å². The molecule has 1 unspecified atom stereocenters. The van der Waals surface area contributed by atoms with Crippen LogP contribution >= 0.6 is 0 Å². The molecule has 0 aliphatic heterocycles. The highest BCUT2D eigenvalue weighted by molar-refractivity contribution is 5.95. The molecule has 2 amide bonds. The molecule has 0 spiro atoms. The first kappa shape index (κ1) is 23.8. The normalized spacial score (nSPS) is 12.8. The summed E-state index contributed by atoms with van der Waals surface area (Å²) in [6.45, 7) is -0.0801. The van der Waals surface area contributed by atoms with Crippen LogP contribution in [0.15, 0.2) is 66.7 Å². The summed E-state index contributed by atoms with van der Waals surface area (Å²) in [7, 11) is 0. The first-order chi connectivity index (χ1) is 16.8. The van der Waals surface area contributed by atoms with Crippen molar-refractivity contribution in [3.05, 3.63) is 83.4 Å². The second kappa shape index (κ2) is 10.3. The number of ether oxygens (including phenoxy) is 1. The number of aromatic hydroxyl groups is 1. The van der Waals surface area contributed by atoms with Gasteiger partial charge in [0.15, 0.2) is 0 Å². The zero-order chi connectivity index (χ0) is 24.9. The van der Waals surface area contributed by atoms with E-state index in [0.717, 1.165) is 34.4 Å². The Morgan fingerprint density at radius 3 is 2.20 bits per heavy atom. The lowest BCUT2D eigenvalue weighted by Crippen LogP contribution is -2.35. The lowest BCUT2D eigenvalue weighted by atomic mass is 9.98. The Kier molecular flexibility index (Phi) is 6.98. The molecule has 3 aromatic rings. The highest BCUT2D eigenvalue weighted by Crippen LogP contribution is 2.44. The molecule has 0 saturated heterocycles. The molecule has 0 aromatic heterocycles. The number of carboxylic acid groups (broad SMARTS) is 1. The fourth-order valence-electron chi connectivity index (χ4n) is 4.13. The number of carbonyl (C=O) groups excluding carboxylic acids is 2. The van der Waals surface area contributed by atoms with E-state index in [1.54, 1.807) is 0 Å². The van der Waals surface area contributed by atoms with Crippen molar-refractivity contribution in [3.8, 4) is 16.9 Å². The fourth-order valence-corrected chi connectivity index (χ4v) is 4.13. The molecule has 0 heterocycles. The third kappa shape index (κ3) is 5.42. The number of amides is 2. The number of aromatic carboxylic acids is 1. The van der Waals surface area contributed by atoms with E-state index in [1.807, 2.05) is 48.5 Å². The van der Waals surface area contributed by atoms with Crippen LogP contribution in [0, 0.1) is 0 Å². The van der Waals surface area contributed by atoms with Crippen molar-refractivity contribution in [1.82, 2.24) is 5.32 Å². The summed E-state index contributed by atoms with van der Waals surface area (Å²) in [5.41, 5.74) is 4.18. The molecular weight excluding hydrogens is 452 g/mol. The van der Waals surface area contributed by atoms with Crippen molar-refractivity contribution in [3.63, 3.8) is 0 Å². The van der Waals surface area contributed by atoms with Gasteiger partial charge in [0.2, 0.25) is 5.91 Å². The summed E-state index contributed by atoms with van der Waals surface area (Å²) >= 11 is 0. The maximum Gasteiger partial charge on any atom is 0.407 e. The van der Waals surface area contributed by atoms with Crippen molar-refractivity contribution < 1.29 is 34.4 Å². The average Bonchev–Trinajstić information content (AvgIpc) is 3.16. The van der Waals surface area contributed by atoms with Gasteiger partial charge in [-0.3, -0.25) is 4.79 Å². The van der Waals surface area contributed by atoms with Gasteiger partial charge in [-0.2, -0.15) is 0 Å². The highest BCUT2D eigenvalue weighted by Gasteiger charge is 2.29. The van der Waals surface area contributed by atoms with Crippen molar-refractivity contribution in [2.45, 2.75) is 18.4 Å². The monoisotopic (exact) mass is 476 g/mol. The quantitative estimate of drug-likeness (QED) is 0.314. The van der Waals surface area contributed by atoms with E-state index in [1.165, 1.54) is 6.07 Å². The Hall–Kier alpha value is -4.37. The Labute approximate surface area is 201 Å². The minimum absolute atomic E-state index is 0.0927. The minimum Gasteiger partial charge on any atom is -0.507 e. The topological polar surface area (TPSA) is 145 Å². The molecule has 9 nitrogen and oxygen atoms in total. The van der Waals surface area contributed by atoms with E-state index < -0.39 is 29.8 Å². The fraction of sp³-hybridized carbons (Fsp3) is 0.192. The molecule has 0 bridgehead atoms. The second-order valence-electron chi connectivity index (χ2n) is 8.15. The van der Waals surface area contributed by atoms with E-state index in [-0.39, 0.29) is 36.7 Å². The maximum absolute atomic E-state index is 12.2. The molecule has 9 heteroatoms. The van der Waals surface area contributed by atoms with Gasteiger partial charge in [-0.1, -0.05) is 48.5 Å². The Morgan fingerprint density at radius 2 is 1.57 bits per heavy atom. The first-order valence-electron chi connectivity index (χ1n) is 11.0. The zero-order valence-corrected chi connectivity index (χ0v) is 18.6. The van der Waals surface area contributed by atoms with E-state index in [2.05, 4.69) is 10.6 Å². The van der Waals surface area contributed by atoms with Crippen LogP contribution in [-0.4, -0.2) is 52.5 Å². The number of anilines is 1. The number of hydrogen-bond acceptors (Lipinski definition) is 6. The maximum atomic E-state index is 12.2. The molecular formula is C26H24N2O7. The summed E-state index contributed by atoms with van der Waals surface area (Å²) in [6.07, 6.45) is -2.24. The number of fused-ring (bicyclic) bond motifs is 3. The van der Waals surface area contributed by atoms with Crippen molar-refractivity contribution in [2.75, 3.05) is 18.5 Å². The van der Waals surface area contributed by atoms with Gasteiger partial charge < -0.3 is 30.7 Å². The molecule has 1 aliphatic carbocycles. The SMILES string of the molecule is O=C(CC(O)CNC(=O)OCC1c2ccccc2-c2ccccc21)Nc1ccc(O)c(C(=O)O)c1. The summed E-state index contributed by atoms with van der Waals surface area (Å²) in [5.74, 6) is -2.45. The molecule has 1 atom stereocenters. The van der Waals surface area contributed by atoms with E-state index >= 15 is 0 Å². The van der Waals surface area contributed by atoms with Gasteiger partial charge in [-0.15, -0.1) is 0 Å². The second-order valence-corrected chi connectivity index (χ2v) is 8.15. The predicted octanol–water partition coefficient (Wildman–Crippen LogP) is 3.32. The minimum atomic E-state index is -1.34. The number of nitrogens with one attached hydrogen (secondary N) is 2. The Bertz CT molecular complexity index is 1230. The van der Waals surface area contributed by atoms with Crippen LogP contribution in [0.1, 0.15) is 33.8 Å². The van der Waals surface area contributed by atoms with Gasteiger partial charge in [0.25, 0.3) is 0 Å². The van der Waals surface area contributed by atoms with Gasteiger partial charge in [0, 0.05) is 18.2 Å². The van der Waals surface area contributed by atoms with Gasteiger partial charge in [-0.05, 0) is 40.5 Å². The lowest BCUT2D eigenvalue weighted by molar-refractivity contribution is -0.118. The number of phenols is 1. The summed E-state index contributed by atoms with van der Waals surface area (Å²) in [5, 5.41) is 33.6. The van der Waals surface area contributed by atoms with Crippen LogP contribution in [0.3, 0.4) is 0 Å². The van der Waals surface area contributed by atoms with Gasteiger partial charge >= 0.3 is 12.1 Å².